The molecule has 2 N–H and O–H groups in total. The quantitative estimate of drug-likeness (QED) is 0.841. The molecule has 1 aromatic rings. The summed E-state index contributed by atoms with van der Waals surface area (Å²) in [6.45, 7) is 4.06. The maximum Gasteiger partial charge on any atom is 0.352 e. The van der Waals surface area contributed by atoms with Crippen LogP contribution < -0.4 is 4.72 Å². The molecule has 6 nitrogen and oxygen atoms in total. The van der Waals surface area contributed by atoms with Crippen molar-refractivity contribution in [3.05, 3.63) is 18.0 Å². The molecule has 118 valence electrons. The summed E-state index contributed by atoms with van der Waals surface area (Å²) in [5, 5.41) is 9.09. The van der Waals surface area contributed by atoms with Gasteiger partial charge < -0.3 is 9.67 Å². The molecule has 2 rings (SSSR count). The normalized spacial score (nSPS) is 18.0. The van der Waals surface area contributed by atoms with E-state index < -0.39 is 16.0 Å². The van der Waals surface area contributed by atoms with E-state index in [0.717, 1.165) is 25.7 Å². The highest BCUT2D eigenvalue weighted by Crippen LogP contribution is 2.28. The molecule has 1 aliphatic carbocycles. The van der Waals surface area contributed by atoms with Crippen molar-refractivity contribution in [1.29, 1.82) is 0 Å². The molecule has 0 saturated heterocycles. The SMILES string of the molecule is CCn1cc(S(=O)(=O)NC(C)C2CCCC2)cc1C(=O)O. The highest BCUT2D eigenvalue weighted by atomic mass is 32.2. The minimum absolute atomic E-state index is 0.00797. The van der Waals surface area contributed by atoms with Gasteiger partial charge in [-0.05, 0) is 38.7 Å². The summed E-state index contributed by atoms with van der Waals surface area (Å²) in [7, 11) is -3.68. The molecule has 1 fully saturated rings. The number of rotatable bonds is 6. The Morgan fingerprint density at radius 1 is 1.48 bits per heavy atom. The van der Waals surface area contributed by atoms with E-state index in [0.29, 0.717) is 12.5 Å². The fourth-order valence-electron chi connectivity index (χ4n) is 2.94. The number of aryl methyl sites for hydroxylation is 1. The molecule has 1 saturated carbocycles. The van der Waals surface area contributed by atoms with E-state index >= 15 is 0 Å². The Kier molecular flexibility index (Phi) is 4.73. The molecule has 0 amide bonds. The maximum atomic E-state index is 12.4. The topological polar surface area (TPSA) is 88.4 Å². The van der Waals surface area contributed by atoms with Crippen molar-refractivity contribution in [2.75, 3.05) is 0 Å². The molecule has 0 radical (unpaired) electrons. The van der Waals surface area contributed by atoms with E-state index in [4.69, 9.17) is 5.11 Å². The van der Waals surface area contributed by atoms with Gasteiger partial charge in [0.25, 0.3) is 0 Å². The minimum Gasteiger partial charge on any atom is -0.477 e. The first-order valence-electron chi connectivity index (χ1n) is 7.31. The van der Waals surface area contributed by atoms with Crippen LogP contribution in [0.2, 0.25) is 0 Å². The zero-order chi connectivity index (χ0) is 15.6. The van der Waals surface area contributed by atoms with Crippen LogP contribution in [0.4, 0.5) is 0 Å². The van der Waals surface area contributed by atoms with E-state index in [9.17, 15) is 13.2 Å². The van der Waals surface area contributed by atoms with E-state index in [1.165, 1.54) is 16.8 Å². The Balaban J connectivity index is 2.20. The van der Waals surface area contributed by atoms with Gasteiger partial charge in [-0.2, -0.15) is 0 Å². The third-order valence-electron chi connectivity index (χ3n) is 4.19. The van der Waals surface area contributed by atoms with Gasteiger partial charge in [0.1, 0.15) is 10.6 Å². The number of hydrogen-bond donors (Lipinski definition) is 2. The van der Waals surface area contributed by atoms with Crippen LogP contribution in [0.25, 0.3) is 0 Å². The van der Waals surface area contributed by atoms with Crippen molar-refractivity contribution in [2.45, 2.75) is 57.0 Å². The Morgan fingerprint density at radius 2 is 2.10 bits per heavy atom. The number of hydrogen-bond acceptors (Lipinski definition) is 3. The Bertz CT molecular complexity index is 615. The van der Waals surface area contributed by atoms with E-state index in [-0.39, 0.29) is 16.6 Å². The average molecular weight is 314 g/mol. The average Bonchev–Trinajstić information content (AvgIpc) is 3.07. The van der Waals surface area contributed by atoms with Crippen LogP contribution in [0.1, 0.15) is 50.0 Å². The summed E-state index contributed by atoms with van der Waals surface area (Å²) in [6, 6.07) is 1.09. The highest BCUT2D eigenvalue weighted by molar-refractivity contribution is 7.89. The molecule has 1 atom stereocenters. The number of carboxylic acid groups (broad SMARTS) is 1. The number of carboxylic acids is 1. The molecule has 0 aliphatic heterocycles. The third-order valence-corrected chi connectivity index (χ3v) is 5.72. The van der Waals surface area contributed by atoms with Crippen LogP contribution in [-0.4, -0.2) is 30.1 Å². The van der Waals surface area contributed by atoms with Gasteiger partial charge in [-0.3, -0.25) is 0 Å². The largest absolute Gasteiger partial charge is 0.477 e. The summed E-state index contributed by atoms with van der Waals surface area (Å²) in [4.78, 5) is 11.1. The first kappa shape index (κ1) is 16.0. The van der Waals surface area contributed by atoms with Crippen LogP contribution in [0.3, 0.4) is 0 Å². The lowest BCUT2D eigenvalue weighted by Gasteiger charge is -2.19. The van der Waals surface area contributed by atoms with Crippen LogP contribution >= 0.6 is 0 Å². The molecular formula is C14H22N2O4S. The smallest absolute Gasteiger partial charge is 0.352 e. The Labute approximate surface area is 125 Å². The number of aromatic carboxylic acids is 1. The second-order valence-electron chi connectivity index (χ2n) is 5.61. The van der Waals surface area contributed by atoms with Crippen LogP contribution in [0.5, 0.6) is 0 Å². The standard InChI is InChI=1S/C14H22N2O4S/c1-3-16-9-12(8-13(16)14(17)18)21(19,20)15-10(2)11-6-4-5-7-11/h8-11,15H,3-7H2,1-2H3,(H,17,18). The first-order valence-corrected chi connectivity index (χ1v) is 8.79. The van der Waals surface area contributed by atoms with Gasteiger partial charge in [0.05, 0.1) is 0 Å². The first-order chi connectivity index (χ1) is 9.85. The highest BCUT2D eigenvalue weighted by Gasteiger charge is 2.27. The van der Waals surface area contributed by atoms with Gasteiger partial charge in [0.15, 0.2) is 0 Å². The van der Waals surface area contributed by atoms with Gasteiger partial charge in [-0.15, -0.1) is 0 Å². The van der Waals surface area contributed by atoms with Gasteiger partial charge in [0, 0.05) is 18.8 Å². The molecular weight excluding hydrogens is 292 g/mol. The molecule has 7 heteroatoms. The second kappa shape index (κ2) is 6.19. The Hall–Kier alpha value is -1.34. The lowest BCUT2D eigenvalue weighted by Crippen LogP contribution is -2.37. The van der Waals surface area contributed by atoms with Crippen molar-refractivity contribution in [1.82, 2.24) is 9.29 Å². The lowest BCUT2D eigenvalue weighted by atomic mass is 10.0. The molecule has 1 aliphatic rings. The van der Waals surface area contributed by atoms with Crippen molar-refractivity contribution >= 4 is 16.0 Å². The molecule has 1 heterocycles. The fourth-order valence-corrected chi connectivity index (χ4v) is 4.29. The Morgan fingerprint density at radius 3 is 2.57 bits per heavy atom. The minimum atomic E-state index is -3.68. The van der Waals surface area contributed by atoms with E-state index in [1.54, 1.807) is 6.92 Å². The van der Waals surface area contributed by atoms with Crippen LogP contribution in [-0.2, 0) is 16.6 Å². The second-order valence-corrected chi connectivity index (χ2v) is 7.32. The predicted molar refractivity (Wildman–Crippen MR) is 78.8 cm³/mol. The molecule has 0 spiro atoms. The molecule has 1 aromatic heterocycles. The zero-order valence-electron chi connectivity index (χ0n) is 12.4. The third kappa shape index (κ3) is 3.47. The summed E-state index contributed by atoms with van der Waals surface area (Å²) in [5.74, 6) is -0.755. The fraction of sp³-hybridized carbons (Fsp3) is 0.643. The van der Waals surface area contributed by atoms with Gasteiger partial charge in [-0.1, -0.05) is 12.8 Å². The van der Waals surface area contributed by atoms with Gasteiger partial charge in [0.2, 0.25) is 10.0 Å². The maximum absolute atomic E-state index is 12.4. The summed E-state index contributed by atoms with van der Waals surface area (Å²) < 4.78 is 28.9. The van der Waals surface area contributed by atoms with Crippen molar-refractivity contribution in [2.24, 2.45) is 5.92 Å². The number of carbonyl (C=O) groups is 1. The number of nitrogens with zero attached hydrogens (tertiary/aromatic N) is 1. The number of aromatic nitrogens is 1. The number of nitrogens with one attached hydrogen (secondary N) is 1. The molecule has 21 heavy (non-hydrogen) atoms. The van der Waals surface area contributed by atoms with E-state index in [2.05, 4.69) is 4.72 Å². The molecule has 1 unspecified atom stereocenters. The van der Waals surface area contributed by atoms with Gasteiger partial charge in [-0.25, -0.2) is 17.9 Å². The molecule has 0 aromatic carbocycles. The molecule has 0 bridgehead atoms. The zero-order valence-corrected chi connectivity index (χ0v) is 13.2. The summed E-state index contributed by atoms with van der Waals surface area (Å²) in [5.41, 5.74) is -0.00797. The summed E-state index contributed by atoms with van der Waals surface area (Å²) >= 11 is 0. The van der Waals surface area contributed by atoms with Crippen LogP contribution in [0, 0.1) is 5.92 Å². The monoisotopic (exact) mass is 314 g/mol. The van der Waals surface area contributed by atoms with Gasteiger partial charge >= 0.3 is 5.97 Å². The lowest BCUT2D eigenvalue weighted by molar-refractivity contribution is 0.0685. The van der Waals surface area contributed by atoms with Crippen molar-refractivity contribution in [3.8, 4) is 0 Å². The predicted octanol–water partition coefficient (Wildman–Crippen LogP) is 2.06. The van der Waals surface area contributed by atoms with Crippen molar-refractivity contribution in [3.63, 3.8) is 0 Å². The summed E-state index contributed by atoms with van der Waals surface area (Å²) in [6.07, 6.45) is 5.76. The van der Waals surface area contributed by atoms with E-state index in [1.807, 2.05) is 6.92 Å². The number of sulfonamides is 1. The van der Waals surface area contributed by atoms with Crippen molar-refractivity contribution < 1.29 is 18.3 Å². The van der Waals surface area contributed by atoms with Crippen LogP contribution in [0.15, 0.2) is 17.2 Å².